The van der Waals surface area contributed by atoms with E-state index < -0.39 is 16.1 Å². The Hall–Kier alpha value is -1.44. The molecule has 0 saturated carbocycles. The zero-order valence-electron chi connectivity index (χ0n) is 12.0. The second-order valence-corrected chi connectivity index (χ2v) is 6.26. The van der Waals surface area contributed by atoms with Gasteiger partial charge in [-0.15, -0.1) is 0 Å². The summed E-state index contributed by atoms with van der Waals surface area (Å²) in [7, 11) is -2.10. The molecule has 0 spiro atoms. The van der Waals surface area contributed by atoms with Crippen molar-refractivity contribution in [2.24, 2.45) is 5.73 Å². The van der Waals surface area contributed by atoms with Crippen molar-refractivity contribution in [3.8, 4) is 0 Å². The van der Waals surface area contributed by atoms with Gasteiger partial charge in [0, 0.05) is 20.1 Å². The predicted octanol–water partition coefficient (Wildman–Crippen LogP) is 0.290. The number of carbonyl (C=O) groups is 1. The van der Waals surface area contributed by atoms with Crippen LogP contribution in [0.1, 0.15) is 19.4 Å². The van der Waals surface area contributed by atoms with E-state index >= 15 is 0 Å². The fraction of sp³-hybridized carbons (Fsp3) is 0.462. The number of hydrogen-bond donors (Lipinski definition) is 2. The lowest BCUT2D eigenvalue weighted by Gasteiger charge is -2.20. The van der Waals surface area contributed by atoms with E-state index in [0.717, 1.165) is 5.56 Å². The average Bonchev–Trinajstić information content (AvgIpc) is 2.45. The first-order chi connectivity index (χ1) is 9.31. The van der Waals surface area contributed by atoms with Gasteiger partial charge in [0.15, 0.2) is 0 Å². The summed E-state index contributed by atoms with van der Waals surface area (Å²) in [5.74, 6) is -0.272. The number of hydrogen-bond acceptors (Lipinski definition) is 4. The number of nitrogens with one attached hydrogen (secondary N) is 1. The van der Waals surface area contributed by atoms with E-state index in [9.17, 15) is 13.2 Å². The Balaban J connectivity index is 2.92. The molecular formula is C13H21N3O3S. The maximum Gasteiger partial charge on any atom is 0.241 e. The van der Waals surface area contributed by atoms with Crippen molar-refractivity contribution in [2.75, 3.05) is 13.6 Å². The Morgan fingerprint density at radius 2 is 2.10 bits per heavy atom. The van der Waals surface area contributed by atoms with Crippen LogP contribution in [0.3, 0.4) is 0 Å². The van der Waals surface area contributed by atoms with Crippen molar-refractivity contribution in [3.05, 3.63) is 29.8 Å². The number of nitrogens with zero attached hydrogens (tertiary/aromatic N) is 1. The molecule has 3 N–H and O–H groups in total. The van der Waals surface area contributed by atoms with Gasteiger partial charge in [-0.1, -0.05) is 12.1 Å². The smallest absolute Gasteiger partial charge is 0.241 e. The molecule has 20 heavy (non-hydrogen) atoms. The number of likely N-dealkylation sites (N-methyl/N-ethyl adjacent to an activating group) is 1. The summed E-state index contributed by atoms with van der Waals surface area (Å²) >= 11 is 0. The van der Waals surface area contributed by atoms with Crippen LogP contribution in [0.4, 0.5) is 0 Å². The van der Waals surface area contributed by atoms with E-state index in [4.69, 9.17) is 5.73 Å². The molecule has 0 aliphatic heterocycles. The van der Waals surface area contributed by atoms with Gasteiger partial charge >= 0.3 is 0 Å². The zero-order chi connectivity index (χ0) is 15.3. The molecule has 0 heterocycles. The fourth-order valence-electron chi connectivity index (χ4n) is 1.68. The minimum absolute atomic E-state index is 0.110. The molecule has 1 unspecified atom stereocenters. The Morgan fingerprint density at radius 1 is 1.45 bits per heavy atom. The molecule has 0 fully saturated rings. The van der Waals surface area contributed by atoms with E-state index in [2.05, 4.69) is 4.72 Å². The first-order valence-corrected chi connectivity index (χ1v) is 7.86. The number of benzene rings is 1. The highest BCUT2D eigenvalue weighted by atomic mass is 32.2. The third kappa shape index (κ3) is 4.03. The van der Waals surface area contributed by atoms with Crippen LogP contribution in [0.15, 0.2) is 29.2 Å². The Kier molecular flexibility index (Phi) is 5.67. The van der Waals surface area contributed by atoms with Gasteiger partial charge in [-0.25, -0.2) is 8.42 Å². The first kappa shape index (κ1) is 16.6. The number of rotatable bonds is 6. The predicted molar refractivity (Wildman–Crippen MR) is 77.4 cm³/mol. The standard InChI is InChI=1S/C13H21N3O3S/c1-4-16(3)13(17)10(2)15-20(18,19)12-7-5-6-11(8-12)9-14/h5-8,10,15H,4,9,14H2,1-3H3. The van der Waals surface area contributed by atoms with Gasteiger partial charge in [0.1, 0.15) is 0 Å². The Bertz CT molecular complexity index is 572. The minimum atomic E-state index is -3.73. The third-order valence-corrected chi connectivity index (χ3v) is 4.54. The molecule has 1 rings (SSSR count). The molecule has 0 aliphatic carbocycles. The summed E-state index contributed by atoms with van der Waals surface area (Å²) in [6.07, 6.45) is 0. The van der Waals surface area contributed by atoms with Gasteiger partial charge in [-0.2, -0.15) is 4.72 Å². The maximum absolute atomic E-state index is 12.2. The lowest BCUT2D eigenvalue weighted by molar-refractivity contribution is -0.131. The SMILES string of the molecule is CCN(C)C(=O)C(C)NS(=O)(=O)c1cccc(CN)c1. The quantitative estimate of drug-likeness (QED) is 0.789. The van der Waals surface area contributed by atoms with Gasteiger partial charge in [-0.05, 0) is 31.5 Å². The molecule has 6 nitrogen and oxygen atoms in total. The summed E-state index contributed by atoms with van der Waals surface area (Å²) in [5, 5.41) is 0. The van der Waals surface area contributed by atoms with E-state index in [-0.39, 0.29) is 17.3 Å². The third-order valence-electron chi connectivity index (χ3n) is 3.00. The van der Waals surface area contributed by atoms with Crippen molar-refractivity contribution in [3.63, 3.8) is 0 Å². The van der Waals surface area contributed by atoms with Gasteiger partial charge in [0.05, 0.1) is 10.9 Å². The van der Waals surface area contributed by atoms with Crippen molar-refractivity contribution >= 4 is 15.9 Å². The molecule has 1 atom stereocenters. The highest BCUT2D eigenvalue weighted by Crippen LogP contribution is 2.12. The van der Waals surface area contributed by atoms with Crippen LogP contribution in [-0.4, -0.2) is 38.9 Å². The average molecular weight is 299 g/mol. The lowest BCUT2D eigenvalue weighted by atomic mass is 10.2. The van der Waals surface area contributed by atoms with Crippen LogP contribution in [0.5, 0.6) is 0 Å². The maximum atomic E-state index is 12.2. The molecule has 1 aromatic rings. The van der Waals surface area contributed by atoms with Crippen molar-refractivity contribution < 1.29 is 13.2 Å². The summed E-state index contributed by atoms with van der Waals surface area (Å²) in [4.78, 5) is 13.5. The van der Waals surface area contributed by atoms with Gasteiger partial charge in [-0.3, -0.25) is 4.79 Å². The number of nitrogens with two attached hydrogens (primary N) is 1. The normalized spacial score (nSPS) is 13.0. The topological polar surface area (TPSA) is 92.5 Å². The molecule has 1 aromatic carbocycles. The highest BCUT2D eigenvalue weighted by Gasteiger charge is 2.23. The summed E-state index contributed by atoms with van der Waals surface area (Å²) in [6, 6.07) is 5.54. The highest BCUT2D eigenvalue weighted by molar-refractivity contribution is 7.89. The van der Waals surface area contributed by atoms with E-state index in [1.54, 1.807) is 19.2 Å². The van der Waals surface area contributed by atoms with Crippen molar-refractivity contribution in [1.82, 2.24) is 9.62 Å². The van der Waals surface area contributed by atoms with Crippen LogP contribution < -0.4 is 10.5 Å². The molecule has 0 aromatic heterocycles. The second-order valence-electron chi connectivity index (χ2n) is 4.55. The minimum Gasteiger partial charge on any atom is -0.345 e. The molecule has 112 valence electrons. The van der Waals surface area contributed by atoms with Gasteiger partial charge in [0.25, 0.3) is 0 Å². The van der Waals surface area contributed by atoms with Crippen LogP contribution in [0.2, 0.25) is 0 Å². The van der Waals surface area contributed by atoms with Crippen LogP contribution in [0.25, 0.3) is 0 Å². The fourth-order valence-corrected chi connectivity index (χ4v) is 2.94. The van der Waals surface area contributed by atoms with E-state index in [1.807, 2.05) is 6.92 Å². The van der Waals surface area contributed by atoms with Gasteiger partial charge in [0.2, 0.25) is 15.9 Å². The molecule has 7 heteroatoms. The molecule has 0 bridgehead atoms. The van der Waals surface area contributed by atoms with Crippen LogP contribution >= 0.6 is 0 Å². The summed E-state index contributed by atoms with van der Waals surface area (Å²) in [5.41, 5.74) is 6.21. The summed E-state index contributed by atoms with van der Waals surface area (Å²) < 4.78 is 26.8. The van der Waals surface area contributed by atoms with E-state index in [1.165, 1.54) is 24.0 Å². The largest absolute Gasteiger partial charge is 0.345 e. The monoisotopic (exact) mass is 299 g/mol. The molecule has 0 radical (unpaired) electrons. The number of amides is 1. The van der Waals surface area contributed by atoms with Gasteiger partial charge < -0.3 is 10.6 Å². The van der Waals surface area contributed by atoms with Crippen molar-refractivity contribution in [1.29, 1.82) is 0 Å². The van der Waals surface area contributed by atoms with Crippen LogP contribution in [0, 0.1) is 0 Å². The second kappa shape index (κ2) is 6.83. The number of carbonyl (C=O) groups excluding carboxylic acids is 1. The molecular weight excluding hydrogens is 278 g/mol. The van der Waals surface area contributed by atoms with Crippen molar-refractivity contribution in [2.45, 2.75) is 31.3 Å². The Morgan fingerprint density at radius 3 is 2.65 bits per heavy atom. The summed E-state index contributed by atoms with van der Waals surface area (Å²) in [6.45, 7) is 4.13. The molecule has 1 amide bonds. The zero-order valence-corrected chi connectivity index (χ0v) is 12.8. The number of sulfonamides is 1. The van der Waals surface area contributed by atoms with Crippen LogP contribution in [-0.2, 0) is 21.4 Å². The first-order valence-electron chi connectivity index (χ1n) is 6.38. The molecule has 0 aliphatic rings. The lowest BCUT2D eigenvalue weighted by Crippen LogP contribution is -2.45. The molecule has 0 saturated heterocycles. The van der Waals surface area contributed by atoms with E-state index in [0.29, 0.717) is 6.54 Å². The Labute approximate surface area is 120 Å².